The van der Waals surface area contributed by atoms with Crippen molar-refractivity contribution < 1.29 is 8.42 Å². The molecule has 18 heavy (non-hydrogen) atoms. The number of benzene rings is 1. The minimum atomic E-state index is -3.44. The number of hydrogen-bond acceptors (Lipinski definition) is 3. The lowest BCUT2D eigenvalue weighted by Crippen LogP contribution is -2.14. The van der Waals surface area contributed by atoms with Crippen LogP contribution in [0.4, 0.5) is 5.69 Å². The van der Waals surface area contributed by atoms with Crippen molar-refractivity contribution in [2.45, 2.75) is 31.4 Å². The standard InChI is InChI=1S/C13H20N2O2S/c14-18(16,17)10-12-5-7-13(8-6-12)15-9-11-3-1-2-4-11/h5-8,11,15H,1-4,9-10H2,(H2,14,16,17). The number of nitrogens with one attached hydrogen (secondary N) is 1. The van der Waals surface area contributed by atoms with Gasteiger partial charge in [-0.15, -0.1) is 0 Å². The van der Waals surface area contributed by atoms with Gasteiger partial charge < -0.3 is 5.32 Å². The molecule has 0 spiro atoms. The van der Waals surface area contributed by atoms with E-state index in [0.29, 0.717) is 0 Å². The number of anilines is 1. The molecule has 0 heterocycles. The molecule has 1 saturated carbocycles. The molecule has 3 N–H and O–H groups in total. The third-order valence-electron chi connectivity index (χ3n) is 3.39. The molecule has 1 aromatic carbocycles. The fraction of sp³-hybridized carbons (Fsp3) is 0.538. The molecule has 4 nitrogen and oxygen atoms in total. The van der Waals surface area contributed by atoms with Crippen LogP contribution in [-0.4, -0.2) is 15.0 Å². The molecule has 1 aliphatic rings. The molecular weight excluding hydrogens is 248 g/mol. The lowest BCUT2D eigenvalue weighted by Gasteiger charge is -2.12. The number of rotatable bonds is 5. The lowest BCUT2D eigenvalue weighted by molar-refractivity contribution is 0.580. The molecule has 5 heteroatoms. The number of sulfonamides is 1. The maximum absolute atomic E-state index is 10.9. The first kappa shape index (κ1) is 13.4. The predicted molar refractivity (Wildman–Crippen MR) is 73.7 cm³/mol. The third-order valence-corrected chi connectivity index (χ3v) is 4.13. The molecule has 1 aromatic rings. The normalized spacial score (nSPS) is 16.9. The van der Waals surface area contributed by atoms with Crippen molar-refractivity contribution in [2.75, 3.05) is 11.9 Å². The Kier molecular flexibility index (Phi) is 4.24. The van der Waals surface area contributed by atoms with Gasteiger partial charge in [0.05, 0.1) is 5.75 Å². The van der Waals surface area contributed by atoms with Gasteiger partial charge in [0.2, 0.25) is 10.0 Å². The molecular formula is C13H20N2O2S. The zero-order valence-corrected chi connectivity index (χ0v) is 11.2. The van der Waals surface area contributed by atoms with E-state index in [1.54, 1.807) is 12.1 Å². The third kappa shape index (κ3) is 4.31. The van der Waals surface area contributed by atoms with E-state index in [0.717, 1.165) is 23.7 Å². The second kappa shape index (κ2) is 5.71. The fourth-order valence-electron chi connectivity index (χ4n) is 2.43. The average molecular weight is 268 g/mol. The van der Waals surface area contributed by atoms with E-state index in [1.807, 2.05) is 12.1 Å². The van der Waals surface area contributed by atoms with Gasteiger partial charge in [0, 0.05) is 12.2 Å². The van der Waals surface area contributed by atoms with E-state index in [9.17, 15) is 8.42 Å². The highest BCUT2D eigenvalue weighted by Gasteiger charge is 2.14. The second-order valence-electron chi connectivity index (χ2n) is 5.04. The number of primary sulfonamides is 1. The van der Waals surface area contributed by atoms with Gasteiger partial charge in [0.15, 0.2) is 0 Å². The van der Waals surface area contributed by atoms with Crippen LogP contribution >= 0.6 is 0 Å². The summed E-state index contributed by atoms with van der Waals surface area (Å²) in [5.41, 5.74) is 1.77. The number of nitrogens with two attached hydrogens (primary N) is 1. The van der Waals surface area contributed by atoms with Crippen LogP contribution in [0.1, 0.15) is 31.2 Å². The molecule has 0 aromatic heterocycles. The summed E-state index contributed by atoms with van der Waals surface area (Å²) in [6.45, 7) is 1.01. The van der Waals surface area contributed by atoms with Crippen molar-refractivity contribution in [2.24, 2.45) is 11.1 Å². The van der Waals surface area contributed by atoms with Crippen LogP contribution in [0.25, 0.3) is 0 Å². The Morgan fingerprint density at radius 1 is 1.17 bits per heavy atom. The van der Waals surface area contributed by atoms with E-state index in [-0.39, 0.29) is 5.75 Å². The van der Waals surface area contributed by atoms with Crippen molar-refractivity contribution in [3.63, 3.8) is 0 Å². The van der Waals surface area contributed by atoms with Crippen LogP contribution in [0.5, 0.6) is 0 Å². The molecule has 2 rings (SSSR count). The molecule has 0 saturated heterocycles. The number of hydrogen-bond donors (Lipinski definition) is 2. The Labute approximate surface area is 109 Å². The predicted octanol–water partition coefficient (Wildman–Crippen LogP) is 2.08. The van der Waals surface area contributed by atoms with Crippen molar-refractivity contribution >= 4 is 15.7 Å². The molecule has 0 bridgehead atoms. The van der Waals surface area contributed by atoms with Gasteiger partial charge in [-0.3, -0.25) is 0 Å². The molecule has 0 aliphatic heterocycles. The highest BCUT2D eigenvalue weighted by atomic mass is 32.2. The van der Waals surface area contributed by atoms with Gasteiger partial charge in [-0.1, -0.05) is 25.0 Å². The van der Waals surface area contributed by atoms with Crippen molar-refractivity contribution in [3.8, 4) is 0 Å². The van der Waals surface area contributed by atoms with Crippen LogP contribution in [0.3, 0.4) is 0 Å². The van der Waals surface area contributed by atoms with E-state index >= 15 is 0 Å². The van der Waals surface area contributed by atoms with Crippen LogP contribution < -0.4 is 10.5 Å². The highest BCUT2D eigenvalue weighted by Crippen LogP contribution is 2.25. The Hall–Kier alpha value is -1.07. The largest absolute Gasteiger partial charge is 0.385 e. The van der Waals surface area contributed by atoms with E-state index < -0.39 is 10.0 Å². The first-order chi connectivity index (χ1) is 8.53. The summed E-state index contributed by atoms with van der Waals surface area (Å²) in [7, 11) is -3.44. The van der Waals surface area contributed by atoms with Crippen molar-refractivity contribution in [3.05, 3.63) is 29.8 Å². The smallest absolute Gasteiger partial charge is 0.213 e. The minimum Gasteiger partial charge on any atom is -0.385 e. The molecule has 100 valence electrons. The van der Waals surface area contributed by atoms with Crippen LogP contribution in [0, 0.1) is 5.92 Å². The highest BCUT2D eigenvalue weighted by molar-refractivity contribution is 7.88. The van der Waals surface area contributed by atoms with Crippen LogP contribution in [0.15, 0.2) is 24.3 Å². The molecule has 0 atom stereocenters. The van der Waals surface area contributed by atoms with Crippen molar-refractivity contribution in [1.29, 1.82) is 0 Å². The SMILES string of the molecule is NS(=O)(=O)Cc1ccc(NCC2CCCC2)cc1. The summed E-state index contributed by atoms with van der Waals surface area (Å²) in [6, 6.07) is 7.44. The minimum absolute atomic E-state index is 0.101. The Bertz CT molecular complexity index is 476. The Balaban J connectivity index is 1.87. The summed E-state index contributed by atoms with van der Waals surface area (Å²) in [4.78, 5) is 0. The van der Waals surface area contributed by atoms with Gasteiger partial charge in [-0.25, -0.2) is 13.6 Å². The topological polar surface area (TPSA) is 72.2 Å². The van der Waals surface area contributed by atoms with Gasteiger partial charge in [0.1, 0.15) is 0 Å². The summed E-state index contributed by atoms with van der Waals surface area (Å²) in [5.74, 6) is 0.685. The van der Waals surface area contributed by atoms with Crippen molar-refractivity contribution in [1.82, 2.24) is 0 Å². The monoisotopic (exact) mass is 268 g/mol. The van der Waals surface area contributed by atoms with Crippen LogP contribution in [0.2, 0.25) is 0 Å². The first-order valence-corrected chi connectivity index (χ1v) is 8.08. The van der Waals surface area contributed by atoms with Gasteiger partial charge in [-0.05, 0) is 36.5 Å². The van der Waals surface area contributed by atoms with E-state index in [2.05, 4.69) is 5.32 Å². The van der Waals surface area contributed by atoms with E-state index in [1.165, 1.54) is 25.7 Å². The molecule has 1 fully saturated rings. The molecule has 0 unspecified atom stereocenters. The molecule has 0 amide bonds. The summed E-state index contributed by atoms with van der Waals surface area (Å²) < 4.78 is 21.9. The average Bonchev–Trinajstić information content (AvgIpc) is 2.79. The first-order valence-electron chi connectivity index (χ1n) is 6.36. The quantitative estimate of drug-likeness (QED) is 0.858. The maximum atomic E-state index is 10.9. The lowest BCUT2D eigenvalue weighted by atomic mass is 10.1. The summed E-state index contributed by atoms with van der Waals surface area (Å²) in [5, 5.41) is 8.40. The van der Waals surface area contributed by atoms with E-state index in [4.69, 9.17) is 5.14 Å². The second-order valence-corrected chi connectivity index (χ2v) is 6.65. The molecule has 1 aliphatic carbocycles. The zero-order valence-electron chi connectivity index (χ0n) is 10.4. The Morgan fingerprint density at radius 3 is 2.33 bits per heavy atom. The van der Waals surface area contributed by atoms with Gasteiger partial charge in [-0.2, -0.15) is 0 Å². The summed E-state index contributed by atoms with van der Waals surface area (Å²) >= 11 is 0. The zero-order chi connectivity index (χ0) is 13.0. The maximum Gasteiger partial charge on any atom is 0.213 e. The Morgan fingerprint density at radius 2 is 1.78 bits per heavy atom. The van der Waals surface area contributed by atoms with Gasteiger partial charge >= 0.3 is 0 Å². The summed E-state index contributed by atoms with van der Waals surface area (Å²) in [6.07, 6.45) is 5.33. The fourth-order valence-corrected chi connectivity index (χ4v) is 3.08. The van der Waals surface area contributed by atoms with Gasteiger partial charge in [0.25, 0.3) is 0 Å². The van der Waals surface area contributed by atoms with Crippen LogP contribution in [-0.2, 0) is 15.8 Å². The molecule has 0 radical (unpaired) electrons.